The molecule has 2 aromatic carbocycles. The maximum absolute atomic E-state index is 11.5. The SMILES string of the molecule is O=C1NC(=O)C(Cc2ccc(OCc3coc(/C=C/c4ccccc4)n3)cc2)O1. The van der Waals surface area contributed by atoms with E-state index in [1.165, 1.54) is 0 Å². The fourth-order valence-electron chi connectivity index (χ4n) is 2.82. The summed E-state index contributed by atoms with van der Waals surface area (Å²) in [6.45, 7) is 0.269. The van der Waals surface area contributed by atoms with Crippen molar-refractivity contribution in [2.24, 2.45) is 0 Å². The van der Waals surface area contributed by atoms with Crippen LogP contribution in [0, 0.1) is 0 Å². The lowest BCUT2D eigenvalue weighted by Gasteiger charge is -2.08. The second-order valence-corrected chi connectivity index (χ2v) is 6.44. The number of aromatic nitrogens is 1. The number of ether oxygens (including phenoxy) is 2. The lowest BCUT2D eigenvalue weighted by molar-refractivity contribution is -0.123. The van der Waals surface area contributed by atoms with Crippen LogP contribution >= 0.6 is 0 Å². The van der Waals surface area contributed by atoms with Gasteiger partial charge in [-0.2, -0.15) is 0 Å². The van der Waals surface area contributed by atoms with Gasteiger partial charge in [-0.05, 0) is 29.3 Å². The smallest absolute Gasteiger partial charge is 0.414 e. The minimum atomic E-state index is -0.785. The maximum atomic E-state index is 11.5. The van der Waals surface area contributed by atoms with Crippen LogP contribution in [0.2, 0.25) is 0 Å². The summed E-state index contributed by atoms with van der Waals surface area (Å²) in [6.07, 6.45) is 4.12. The van der Waals surface area contributed by atoms with Gasteiger partial charge in [0.1, 0.15) is 24.3 Å². The third kappa shape index (κ3) is 4.90. The van der Waals surface area contributed by atoms with Gasteiger partial charge in [-0.15, -0.1) is 0 Å². The zero-order valence-corrected chi connectivity index (χ0v) is 15.4. The van der Waals surface area contributed by atoms with Crippen molar-refractivity contribution >= 4 is 24.2 Å². The van der Waals surface area contributed by atoms with Crippen LogP contribution in [0.1, 0.15) is 22.7 Å². The van der Waals surface area contributed by atoms with Gasteiger partial charge in [0.05, 0.1) is 0 Å². The van der Waals surface area contributed by atoms with E-state index < -0.39 is 18.1 Å². The lowest BCUT2D eigenvalue weighted by atomic mass is 10.1. The largest absolute Gasteiger partial charge is 0.487 e. The predicted octanol–water partition coefficient (Wildman–Crippen LogP) is 3.60. The molecule has 3 aromatic rings. The molecule has 1 aliphatic rings. The summed E-state index contributed by atoms with van der Waals surface area (Å²) in [6, 6.07) is 17.1. The summed E-state index contributed by atoms with van der Waals surface area (Å²) in [5.74, 6) is 0.747. The fourth-order valence-corrected chi connectivity index (χ4v) is 2.82. The highest BCUT2D eigenvalue weighted by Gasteiger charge is 2.31. The molecule has 146 valence electrons. The molecule has 7 heteroatoms. The number of hydrogen-bond donors (Lipinski definition) is 1. The van der Waals surface area contributed by atoms with Gasteiger partial charge in [-0.1, -0.05) is 42.5 Å². The molecule has 29 heavy (non-hydrogen) atoms. The summed E-state index contributed by atoms with van der Waals surface area (Å²) in [5.41, 5.74) is 2.60. The van der Waals surface area contributed by atoms with Crippen molar-refractivity contribution in [1.82, 2.24) is 10.3 Å². The lowest BCUT2D eigenvalue weighted by Crippen LogP contribution is -2.25. The Balaban J connectivity index is 1.29. The third-order valence-corrected chi connectivity index (χ3v) is 4.29. The minimum Gasteiger partial charge on any atom is -0.487 e. The summed E-state index contributed by atoms with van der Waals surface area (Å²) >= 11 is 0. The molecule has 0 radical (unpaired) electrons. The van der Waals surface area contributed by atoms with Crippen molar-refractivity contribution in [3.8, 4) is 5.75 Å². The van der Waals surface area contributed by atoms with E-state index in [0.29, 0.717) is 23.8 Å². The Bertz CT molecular complexity index is 1020. The number of carbonyl (C=O) groups is 2. The van der Waals surface area contributed by atoms with E-state index in [0.717, 1.165) is 11.1 Å². The first-order chi connectivity index (χ1) is 14.2. The molecule has 1 aromatic heterocycles. The van der Waals surface area contributed by atoms with Gasteiger partial charge in [0.25, 0.3) is 5.91 Å². The van der Waals surface area contributed by atoms with Gasteiger partial charge in [0.2, 0.25) is 5.89 Å². The summed E-state index contributed by atoms with van der Waals surface area (Å²) in [7, 11) is 0. The van der Waals surface area contributed by atoms with E-state index in [1.54, 1.807) is 24.5 Å². The zero-order chi connectivity index (χ0) is 20.1. The van der Waals surface area contributed by atoms with E-state index in [-0.39, 0.29) is 6.61 Å². The van der Waals surface area contributed by atoms with Crippen LogP contribution in [0.5, 0.6) is 5.75 Å². The van der Waals surface area contributed by atoms with Crippen LogP contribution < -0.4 is 10.1 Å². The molecule has 1 atom stereocenters. The molecule has 1 aliphatic heterocycles. The topological polar surface area (TPSA) is 90.7 Å². The Labute approximate surface area is 167 Å². The first-order valence-electron chi connectivity index (χ1n) is 9.06. The highest BCUT2D eigenvalue weighted by molar-refractivity contribution is 6.00. The van der Waals surface area contributed by atoms with Gasteiger partial charge in [0.15, 0.2) is 6.10 Å². The molecular weight excluding hydrogens is 372 g/mol. The Hall–Kier alpha value is -3.87. The molecule has 2 heterocycles. The van der Waals surface area contributed by atoms with E-state index in [9.17, 15) is 9.59 Å². The second kappa shape index (κ2) is 8.43. The molecule has 1 N–H and O–H groups in total. The van der Waals surface area contributed by atoms with Crippen molar-refractivity contribution in [1.29, 1.82) is 0 Å². The van der Waals surface area contributed by atoms with E-state index in [1.807, 2.05) is 48.5 Å². The summed E-state index contributed by atoms with van der Waals surface area (Å²) < 4.78 is 16.1. The van der Waals surface area contributed by atoms with Gasteiger partial charge in [-0.3, -0.25) is 10.1 Å². The Morgan fingerprint density at radius 3 is 2.55 bits per heavy atom. The number of benzene rings is 2. The Morgan fingerprint density at radius 1 is 1.03 bits per heavy atom. The quantitative estimate of drug-likeness (QED) is 0.663. The number of rotatable bonds is 7. The van der Waals surface area contributed by atoms with Crippen LogP contribution in [-0.2, 0) is 22.6 Å². The van der Waals surface area contributed by atoms with Crippen LogP contribution in [0.4, 0.5) is 4.79 Å². The van der Waals surface area contributed by atoms with E-state index in [4.69, 9.17) is 13.9 Å². The van der Waals surface area contributed by atoms with Crippen LogP contribution in [0.3, 0.4) is 0 Å². The maximum Gasteiger partial charge on any atom is 0.414 e. The number of carbonyl (C=O) groups excluding carboxylic acids is 2. The van der Waals surface area contributed by atoms with Gasteiger partial charge in [-0.25, -0.2) is 9.78 Å². The second-order valence-electron chi connectivity index (χ2n) is 6.44. The molecule has 2 amide bonds. The molecule has 1 saturated heterocycles. The number of nitrogens with zero attached hydrogens (tertiary/aromatic N) is 1. The predicted molar refractivity (Wildman–Crippen MR) is 105 cm³/mol. The highest BCUT2D eigenvalue weighted by Crippen LogP contribution is 2.17. The average molecular weight is 390 g/mol. The summed E-state index contributed by atoms with van der Waals surface area (Å²) in [5, 5.41) is 2.11. The van der Waals surface area contributed by atoms with Crippen molar-refractivity contribution in [2.75, 3.05) is 0 Å². The number of nitrogens with one attached hydrogen (secondary N) is 1. The first-order valence-corrected chi connectivity index (χ1v) is 9.06. The van der Waals surface area contributed by atoms with Gasteiger partial charge >= 0.3 is 6.09 Å². The van der Waals surface area contributed by atoms with Crippen molar-refractivity contribution in [3.05, 3.63) is 83.6 Å². The monoisotopic (exact) mass is 390 g/mol. The molecule has 0 aliphatic carbocycles. The highest BCUT2D eigenvalue weighted by atomic mass is 16.6. The minimum absolute atomic E-state index is 0.269. The van der Waals surface area contributed by atoms with Crippen LogP contribution in [0.25, 0.3) is 12.2 Å². The number of hydrogen-bond acceptors (Lipinski definition) is 6. The molecular formula is C22H18N2O5. The molecule has 7 nitrogen and oxygen atoms in total. The van der Waals surface area contributed by atoms with E-state index in [2.05, 4.69) is 10.3 Å². The molecule has 1 fully saturated rings. The van der Waals surface area contributed by atoms with Crippen LogP contribution in [-0.4, -0.2) is 23.1 Å². The number of alkyl carbamates (subject to hydrolysis) is 1. The third-order valence-electron chi connectivity index (χ3n) is 4.29. The average Bonchev–Trinajstić information content (AvgIpc) is 3.32. The first kappa shape index (κ1) is 18.5. The van der Waals surface area contributed by atoms with Gasteiger partial charge in [0, 0.05) is 12.5 Å². The van der Waals surface area contributed by atoms with Crippen molar-refractivity contribution in [2.45, 2.75) is 19.1 Å². The Kier molecular flexibility index (Phi) is 5.38. The molecule has 0 bridgehead atoms. The normalized spacial score (nSPS) is 16.1. The van der Waals surface area contributed by atoms with Crippen molar-refractivity contribution in [3.63, 3.8) is 0 Å². The standard InChI is InChI=1S/C22H18N2O5/c25-21-19(29-22(26)24-21)12-16-6-9-18(10-7-16)27-13-17-14-28-20(23-17)11-8-15-4-2-1-3-5-15/h1-11,14,19H,12-13H2,(H,24,25,26)/b11-8+. The number of cyclic esters (lactones) is 1. The van der Waals surface area contributed by atoms with Gasteiger partial charge < -0.3 is 13.9 Å². The number of imide groups is 1. The number of oxazole rings is 1. The molecule has 0 saturated carbocycles. The van der Waals surface area contributed by atoms with Crippen molar-refractivity contribution < 1.29 is 23.5 Å². The molecule has 1 unspecified atom stereocenters. The number of amides is 2. The van der Waals surface area contributed by atoms with E-state index >= 15 is 0 Å². The van der Waals surface area contributed by atoms with Crippen LogP contribution in [0.15, 0.2) is 65.3 Å². The summed E-state index contributed by atoms with van der Waals surface area (Å²) in [4.78, 5) is 27.0. The zero-order valence-electron chi connectivity index (χ0n) is 15.4. The Morgan fingerprint density at radius 2 is 1.83 bits per heavy atom. The molecule has 4 rings (SSSR count). The fraction of sp³-hybridized carbons (Fsp3) is 0.136. The molecule has 0 spiro atoms.